The third kappa shape index (κ3) is 7.22. The van der Waals surface area contributed by atoms with Crippen LogP contribution in [0.2, 0.25) is 0 Å². The molecule has 1 aromatic carbocycles. The van der Waals surface area contributed by atoms with Crippen molar-refractivity contribution in [3.63, 3.8) is 0 Å². The van der Waals surface area contributed by atoms with E-state index in [4.69, 9.17) is 0 Å². The molecule has 6 nitrogen and oxygen atoms in total. The highest BCUT2D eigenvalue weighted by Gasteiger charge is 2.17. The number of halogens is 1. The lowest BCUT2D eigenvalue weighted by molar-refractivity contribution is 0.0951. The molecule has 0 spiro atoms. The lowest BCUT2D eigenvalue weighted by Gasteiger charge is -2.22. The van der Waals surface area contributed by atoms with Gasteiger partial charge in [0.15, 0.2) is 0 Å². The van der Waals surface area contributed by atoms with Crippen molar-refractivity contribution >= 4 is 34.0 Å². The molecule has 0 aliphatic carbocycles. The van der Waals surface area contributed by atoms with Gasteiger partial charge in [-0.05, 0) is 56.8 Å². The van der Waals surface area contributed by atoms with Gasteiger partial charge in [-0.2, -0.15) is 0 Å². The summed E-state index contributed by atoms with van der Waals surface area (Å²) in [7, 11) is -3.42. The first-order valence-electron chi connectivity index (χ1n) is 8.60. The predicted molar refractivity (Wildman–Crippen MR) is 104 cm³/mol. The minimum absolute atomic E-state index is 0. The molecule has 1 aliphatic heterocycles. The molecular weight excluding hydrogens is 362 g/mol. The maximum absolute atomic E-state index is 12.4. The number of anilines is 1. The molecule has 1 unspecified atom stereocenters. The maximum atomic E-state index is 12.4. The Labute approximate surface area is 156 Å². The summed E-state index contributed by atoms with van der Waals surface area (Å²) in [5.74, 6) is 0.392. The van der Waals surface area contributed by atoms with Crippen molar-refractivity contribution in [3.05, 3.63) is 29.8 Å². The van der Waals surface area contributed by atoms with Crippen molar-refractivity contribution in [2.75, 3.05) is 30.1 Å². The number of para-hydroxylation sites is 1. The van der Waals surface area contributed by atoms with Gasteiger partial charge in [-0.1, -0.05) is 19.1 Å². The second-order valence-electron chi connectivity index (χ2n) is 6.22. The number of hydrogen-bond donors (Lipinski definition) is 3. The van der Waals surface area contributed by atoms with Gasteiger partial charge >= 0.3 is 0 Å². The molecule has 0 bridgehead atoms. The van der Waals surface area contributed by atoms with Gasteiger partial charge in [0.05, 0.1) is 17.0 Å². The van der Waals surface area contributed by atoms with Crippen LogP contribution in [0.5, 0.6) is 0 Å². The van der Waals surface area contributed by atoms with Crippen LogP contribution in [0.15, 0.2) is 24.3 Å². The second-order valence-corrected chi connectivity index (χ2v) is 8.07. The fourth-order valence-electron chi connectivity index (χ4n) is 2.91. The summed E-state index contributed by atoms with van der Waals surface area (Å²) in [4.78, 5) is 12.4. The summed E-state index contributed by atoms with van der Waals surface area (Å²) in [6, 6.07) is 6.71. The van der Waals surface area contributed by atoms with Crippen LogP contribution in [0.1, 0.15) is 43.0 Å². The van der Waals surface area contributed by atoms with Crippen molar-refractivity contribution < 1.29 is 13.2 Å². The summed E-state index contributed by atoms with van der Waals surface area (Å²) in [5, 5.41) is 6.26. The Morgan fingerprint density at radius 2 is 2.08 bits per heavy atom. The monoisotopic (exact) mass is 389 g/mol. The van der Waals surface area contributed by atoms with E-state index < -0.39 is 10.0 Å². The summed E-state index contributed by atoms with van der Waals surface area (Å²) < 4.78 is 26.4. The lowest BCUT2D eigenvalue weighted by atomic mass is 9.96. The van der Waals surface area contributed by atoms with Crippen LogP contribution in [-0.2, 0) is 10.0 Å². The van der Waals surface area contributed by atoms with Gasteiger partial charge < -0.3 is 10.6 Å². The normalized spacial score (nSPS) is 17.4. The quantitative estimate of drug-likeness (QED) is 0.637. The number of nitrogens with one attached hydrogen (secondary N) is 3. The van der Waals surface area contributed by atoms with E-state index in [-0.39, 0.29) is 24.1 Å². The molecule has 0 aromatic heterocycles. The Morgan fingerprint density at radius 1 is 1.32 bits per heavy atom. The molecule has 1 aliphatic rings. The molecule has 1 atom stereocenters. The Hall–Kier alpha value is -1.31. The average Bonchev–Trinajstić information content (AvgIpc) is 2.55. The van der Waals surface area contributed by atoms with Crippen LogP contribution in [0.25, 0.3) is 0 Å². The molecule has 8 heteroatoms. The third-order valence-corrected chi connectivity index (χ3v) is 5.62. The summed E-state index contributed by atoms with van der Waals surface area (Å²) in [6.45, 7) is 4.48. The fourth-order valence-corrected chi connectivity index (χ4v) is 4.07. The van der Waals surface area contributed by atoms with Gasteiger partial charge in [0.1, 0.15) is 0 Å². The van der Waals surface area contributed by atoms with Gasteiger partial charge in [-0.25, -0.2) is 8.42 Å². The zero-order chi connectivity index (χ0) is 17.4. The van der Waals surface area contributed by atoms with E-state index in [9.17, 15) is 13.2 Å². The first kappa shape index (κ1) is 21.7. The number of piperidine rings is 1. The van der Waals surface area contributed by atoms with E-state index >= 15 is 0 Å². The second kappa shape index (κ2) is 10.6. The van der Waals surface area contributed by atoms with Crippen LogP contribution < -0.4 is 15.4 Å². The predicted octanol–water partition coefficient (Wildman–Crippen LogP) is 2.38. The summed E-state index contributed by atoms with van der Waals surface area (Å²) in [6.07, 6.45) is 3.83. The van der Waals surface area contributed by atoms with E-state index in [1.54, 1.807) is 31.2 Å². The average molecular weight is 390 g/mol. The number of carbonyl (C=O) groups is 1. The Morgan fingerprint density at radius 3 is 2.76 bits per heavy atom. The lowest BCUT2D eigenvalue weighted by Crippen LogP contribution is -2.33. The van der Waals surface area contributed by atoms with Crippen molar-refractivity contribution in [3.8, 4) is 0 Å². The molecule has 1 saturated heterocycles. The number of sulfonamides is 1. The van der Waals surface area contributed by atoms with E-state index in [0.29, 0.717) is 30.1 Å². The molecule has 142 valence electrons. The fraction of sp³-hybridized carbons (Fsp3) is 0.588. The van der Waals surface area contributed by atoms with Crippen LogP contribution in [0.4, 0.5) is 5.69 Å². The first-order chi connectivity index (χ1) is 11.5. The van der Waals surface area contributed by atoms with Gasteiger partial charge in [0.25, 0.3) is 5.91 Å². The van der Waals surface area contributed by atoms with Crippen LogP contribution in [0, 0.1) is 5.92 Å². The Bertz CT molecular complexity index is 646. The highest BCUT2D eigenvalue weighted by atomic mass is 35.5. The van der Waals surface area contributed by atoms with Crippen LogP contribution >= 0.6 is 12.4 Å². The van der Waals surface area contributed by atoms with Crippen LogP contribution in [-0.4, -0.2) is 39.7 Å². The first-order valence-corrected chi connectivity index (χ1v) is 10.3. The van der Waals surface area contributed by atoms with Crippen molar-refractivity contribution in [2.24, 2.45) is 5.92 Å². The molecule has 0 radical (unpaired) electrons. The van der Waals surface area contributed by atoms with Crippen LogP contribution in [0.3, 0.4) is 0 Å². The largest absolute Gasteiger partial charge is 0.352 e. The van der Waals surface area contributed by atoms with E-state index in [0.717, 1.165) is 19.5 Å². The molecule has 3 N–H and O–H groups in total. The zero-order valence-corrected chi connectivity index (χ0v) is 16.2. The van der Waals surface area contributed by atoms with Gasteiger partial charge in [-0.3, -0.25) is 9.52 Å². The SMILES string of the molecule is CCCS(=O)(=O)Nc1ccccc1C(=O)NCCC1CCCNC1.Cl. The molecule has 1 heterocycles. The molecule has 25 heavy (non-hydrogen) atoms. The van der Waals surface area contributed by atoms with E-state index in [1.165, 1.54) is 12.8 Å². The highest BCUT2D eigenvalue weighted by Crippen LogP contribution is 2.17. The van der Waals surface area contributed by atoms with E-state index in [2.05, 4.69) is 15.4 Å². The number of rotatable bonds is 8. The minimum atomic E-state index is -3.42. The molecule has 1 aromatic rings. The third-order valence-electron chi connectivity index (χ3n) is 4.15. The van der Waals surface area contributed by atoms with Crippen molar-refractivity contribution in [2.45, 2.75) is 32.6 Å². The Balaban J connectivity index is 0.00000312. The molecule has 0 saturated carbocycles. The highest BCUT2D eigenvalue weighted by molar-refractivity contribution is 7.92. The molecular formula is C17H28ClN3O3S. The zero-order valence-electron chi connectivity index (χ0n) is 14.6. The molecule has 1 fully saturated rings. The smallest absolute Gasteiger partial charge is 0.253 e. The van der Waals surface area contributed by atoms with Gasteiger partial charge in [0.2, 0.25) is 10.0 Å². The number of amides is 1. The van der Waals surface area contributed by atoms with Crippen molar-refractivity contribution in [1.29, 1.82) is 0 Å². The Kier molecular flexibility index (Phi) is 9.24. The maximum Gasteiger partial charge on any atom is 0.253 e. The number of carbonyl (C=O) groups excluding carboxylic acids is 1. The minimum Gasteiger partial charge on any atom is -0.352 e. The topological polar surface area (TPSA) is 87.3 Å². The summed E-state index contributed by atoms with van der Waals surface area (Å²) >= 11 is 0. The summed E-state index contributed by atoms with van der Waals surface area (Å²) in [5.41, 5.74) is 0.696. The van der Waals surface area contributed by atoms with Gasteiger partial charge in [-0.15, -0.1) is 12.4 Å². The molecule has 1 amide bonds. The molecule has 2 rings (SSSR count). The van der Waals surface area contributed by atoms with E-state index in [1.807, 2.05) is 0 Å². The van der Waals surface area contributed by atoms with Crippen molar-refractivity contribution in [1.82, 2.24) is 10.6 Å². The number of hydrogen-bond acceptors (Lipinski definition) is 4. The van der Waals surface area contributed by atoms with Gasteiger partial charge in [0, 0.05) is 6.54 Å². The number of benzene rings is 1. The standard InChI is InChI=1S/C17H27N3O3S.ClH/c1-2-12-24(22,23)20-16-8-4-3-7-15(16)17(21)19-11-9-14-6-5-10-18-13-14;/h3-4,7-8,14,18,20H,2,5-6,9-13H2,1H3,(H,19,21);1H.